The monoisotopic (exact) mass is 311 g/mol. The van der Waals surface area contributed by atoms with E-state index >= 15 is 0 Å². The van der Waals surface area contributed by atoms with Crippen molar-refractivity contribution >= 4 is 11.8 Å². The maximum Gasteiger partial charge on any atom is 0.247 e. The molecule has 0 spiro atoms. The minimum Gasteiger partial charge on any atom is -0.352 e. The summed E-state index contributed by atoms with van der Waals surface area (Å²) in [7, 11) is 2.02. The average molecular weight is 311 g/mol. The Balaban J connectivity index is 1.76. The van der Waals surface area contributed by atoms with Crippen LogP contribution in [0.4, 0.5) is 11.8 Å². The Hall–Kier alpha value is -2.17. The third-order valence-corrected chi connectivity index (χ3v) is 4.53. The molecule has 0 amide bonds. The van der Waals surface area contributed by atoms with Gasteiger partial charge in [0.1, 0.15) is 0 Å². The van der Waals surface area contributed by atoms with Crippen molar-refractivity contribution in [3.63, 3.8) is 0 Å². The molecule has 2 aromatic rings. The summed E-state index contributed by atoms with van der Waals surface area (Å²) in [6.45, 7) is 4.10. The summed E-state index contributed by atoms with van der Waals surface area (Å²) in [6, 6.07) is 10.9. The lowest BCUT2D eigenvalue weighted by Gasteiger charge is -2.36. The van der Waals surface area contributed by atoms with Crippen LogP contribution in [-0.2, 0) is 6.54 Å². The highest BCUT2D eigenvalue weighted by Crippen LogP contribution is 2.25. The van der Waals surface area contributed by atoms with E-state index in [2.05, 4.69) is 51.2 Å². The number of benzene rings is 1. The van der Waals surface area contributed by atoms with Crippen LogP contribution in [-0.4, -0.2) is 34.8 Å². The number of hydrogen-bond acceptors (Lipinski definition) is 5. The molecule has 0 N–H and O–H groups in total. The number of hydrogen-bond donors (Lipinski definition) is 0. The van der Waals surface area contributed by atoms with Gasteiger partial charge in [-0.1, -0.05) is 37.3 Å². The summed E-state index contributed by atoms with van der Waals surface area (Å²) >= 11 is 0. The molecular formula is C18H25N5. The Morgan fingerprint density at radius 1 is 1.22 bits per heavy atom. The highest BCUT2D eigenvalue weighted by molar-refractivity contribution is 5.43. The second kappa shape index (κ2) is 7.40. The van der Waals surface area contributed by atoms with Crippen molar-refractivity contribution in [1.29, 1.82) is 0 Å². The quantitative estimate of drug-likeness (QED) is 0.848. The average Bonchev–Trinajstić information content (AvgIpc) is 2.62. The van der Waals surface area contributed by atoms with Crippen molar-refractivity contribution in [3.8, 4) is 0 Å². The van der Waals surface area contributed by atoms with Crippen LogP contribution >= 0.6 is 0 Å². The van der Waals surface area contributed by atoms with Gasteiger partial charge in [0.25, 0.3) is 0 Å². The van der Waals surface area contributed by atoms with Crippen molar-refractivity contribution in [1.82, 2.24) is 15.2 Å². The summed E-state index contributed by atoms with van der Waals surface area (Å²) in [5, 5.41) is 8.41. The van der Waals surface area contributed by atoms with Gasteiger partial charge < -0.3 is 9.80 Å². The van der Waals surface area contributed by atoms with E-state index in [0.29, 0.717) is 12.0 Å². The molecular weight excluding hydrogens is 286 g/mol. The smallest absolute Gasteiger partial charge is 0.247 e. The molecule has 2 heterocycles. The third-order valence-electron chi connectivity index (χ3n) is 4.53. The Kier molecular flexibility index (Phi) is 5.05. The number of anilines is 2. The van der Waals surface area contributed by atoms with Crippen LogP contribution < -0.4 is 9.80 Å². The second-order valence-corrected chi connectivity index (χ2v) is 6.21. The fourth-order valence-electron chi connectivity index (χ4n) is 3.24. The van der Waals surface area contributed by atoms with Crippen LogP contribution in [0.2, 0.25) is 0 Å². The molecule has 122 valence electrons. The highest BCUT2D eigenvalue weighted by atomic mass is 15.3. The Morgan fingerprint density at radius 3 is 2.83 bits per heavy atom. The minimum absolute atomic E-state index is 0.577. The van der Waals surface area contributed by atoms with Crippen molar-refractivity contribution < 1.29 is 0 Å². The Morgan fingerprint density at radius 2 is 2.04 bits per heavy atom. The molecule has 1 aromatic carbocycles. The Labute approximate surface area is 138 Å². The molecule has 1 aromatic heterocycles. The van der Waals surface area contributed by atoms with Crippen molar-refractivity contribution in [2.45, 2.75) is 45.2 Å². The standard InChI is InChI=1S/C18H25N5/c1-3-16-11-7-8-12-23(16)17-13-19-21-18(20-17)22(2)14-15-9-5-4-6-10-15/h4-6,9-10,13,16H,3,7-8,11-12,14H2,1-2H3. The zero-order chi connectivity index (χ0) is 16.1. The summed E-state index contributed by atoms with van der Waals surface area (Å²) in [5.74, 6) is 1.65. The molecule has 1 fully saturated rings. The van der Waals surface area contributed by atoms with Crippen molar-refractivity contribution in [2.75, 3.05) is 23.4 Å². The lowest BCUT2D eigenvalue weighted by atomic mass is 10.0. The predicted octanol–water partition coefficient (Wildman–Crippen LogP) is 3.28. The van der Waals surface area contributed by atoms with Gasteiger partial charge in [0.05, 0.1) is 6.20 Å². The van der Waals surface area contributed by atoms with E-state index in [1.165, 1.54) is 24.8 Å². The van der Waals surface area contributed by atoms with Crippen molar-refractivity contribution in [3.05, 3.63) is 42.1 Å². The molecule has 1 atom stereocenters. The molecule has 1 saturated heterocycles. The molecule has 0 radical (unpaired) electrons. The molecule has 5 heteroatoms. The third kappa shape index (κ3) is 3.78. The van der Waals surface area contributed by atoms with Gasteiger partial charge in [-0.05, 0) is 31.2 Å². The van der Waals surface area contributed by atoms with Gasteiger partial charge in [-0.2, -0.15) is 10.1 Å². The van der Waals surface area contributed by atoms with Gasteiger partial charge >= 0.3 is 0 Å². The zero-order valence-electron chi connectivity index (χ0n) is 14.0. The lowest BCUT2D eigenvalue weighted by Crippen LogP contribution is -2.40. The number of rotatable bonds is 5. The van der Waals surface area contributed by atoms with E-state index in [4.69, 9.17) is 4.98 Å². The fourth-order valence-corrected chi connectivity index (χ4v) is 3.24. The van der Waals surface area contributed by atoms with Gasteiger partial charge in [0, 0.05) is 26.2 Å². The minimum atomic E-state index is 0.577. The van der Waals surface area contributed by atoms with E-state index < -0.39 is 0 Å². The van der Waals surface area contributed by atoms with Gasteiger partial charge in [-0.15, -0.1) is 5.10 Å². The SMILES string of the molecule is CCC1CCCCN1c1cnnc(N(C)Cc2ccccc2)n1. The maximum absolute atomic E-state index is 4.77. The number of piperidine rings is 1. The first-order valence-electron chi connectivity index (χ1n) is 8.49. The summed E-state index contributed by atoms with van der Waals surface area (Å²) in [6.07, 6.45) is 6.74. The van der Waals surface area contributed by atoms with Crippen LogP contribution in [0.25, 0.3) is 0 Å². The molecule has 3 rings (SSSR count). The Bertz CT molecular complexity index is 616. The zero-order valence-corrected chi connectivity index (χ0v) is 14.0. The highest BCUT2D eigenvalue weighted by Gasteiger charge is 2.23. The molecule has 0 bridgehead atoms. The largest absolute Gasteiger partial charge is 0.352 e. The molecule has 5 nitrogen and oxygen atoms in total. The van der Waals surface area contributed by atoms with Gasteiger partial charge in [-0.25, -0.2) is 0 Å². The van der Waals surface area contributed by atoms with Crippen molar-refractivity contribution in [2.24, 2.45) is 0 Å². The first kappa shape index (κ1) is 15.7. The fraction of sp³-hybridized carbons (Fsp3) is 0.500. The van der Waals surface area contributed by atoms with Crippen LogP contribution in [0.3, 0.4) is 0 Å². The molecule has 1 unspecified atom stereocenters. The second-order valence-electron chi connectivity index (χ2n) is 6.21. The van der Waals surface area contributed by atoms with Crippen LogP contribution in [0, 0.1) is 0 Å². The number of aromatic nitrogens is 3. The summed E-state index contributed by atoms with van der Waals surface area (Å²) in [4.78, 5) is 9.22. The lowest BCUT2D eigenvalue weighted by molar-refractivity contribution is 0.446. The van der Waals surface area contributed by atoms with E-state index in [1.807, 2.05) is 13.1 Å². The number of nitrogens with zero attached hydrogens (tertiary/aromatic N) is 5. The summed E-state index contributed by atoms with van der Waals surface area (Å²) in [5.41, 5.74) is 1.24. The van der Waals surface area contributed by atoms with Gasteiger partial charge in [0.15, 0.2) is 5.82 Å². The molecule has 0 saturated carbocycles. The molecule has 23 heavy (non-hydrogen) atoms. The van der Waals surface area contributed by atoms with Crippen LogP contribution in [0.5, 0.6) is 0 Å². The van der Waals surface area contributed by atoms with Gasteiger partial charge in [0.2, 0.25) is 5.95 Å². The summed E-state index contributed by atoms with van der Waals surface area (Å²) < 4.78 is 0. The van der Waals surface area contributed by atoms with E-state index in [9.17, 15) is 0 Å². The van der Waals surface area contributed by atoms with Crippen LogP contribution in [0.15, 0.2) is 36.5 Å². The topological polar surface area (TPSA) is 45.2 Å². The van der Waals surface area contributed by atoms with Gasteiger partial charge in [-0.3, -0.25) is 0 Å². The predicted molar refractivity (Wildman–Crippen MR) is 93.7 cm³/mol. The molecule has 1 aliphatic heterocycles. The maximum atomic E-state index is 4.77. The molecule has 0 aliphatic carbocycles. The van der Waals surface area contributed by atoms with E-state index in [-0.39, 0.29) is 0 Å². The van der Waals surface area contributed by atoms with E-state index in [0.717, 1.165) is 25.3 Å². The van der Waals surface area contributed by atoms with Crippen LogP contribution in [0.1, 0.15) is 38.2 Å². The molecule has 1 aliphatic rings. The first-order chi connectivity index (χ1) is 11.3. The first-order valence-corrected chi connectivity index (χ1v) is 8.49. The normalized spacial score (nSPS) is 18.0. The van der Waals surface area contributed by atoms with E-state index in [1.54, 1.807) is 6.20 Å².